The molecule has 1 fully saturated rings. The van der Waals surface area contributed by atoms with Gasteiger partial charge in [0.2, 0.25) is 0 Å². The Balaban J connectivity index is 1.95. The molecule has 0 radical (unpaired) electrons. The SMILES string of the molecule is CSc1nc(C(=O)NC2(C(=O)O)CCSCC2)c2ccccn12. The highest BCUT2D eigenvalue weighted by Gasteiger charge is 2.42. The second kappa shape index (κ2) is 6.45. The van der Waals surface area contributed by atoms with Crippen molar-refractivity contribution in [1.82, 2.24) is 14.7 Å². The molecule has 0 bridgehead atoms. The zero-order valence-corrected chi connectivity index (χ0v) is 14.2. The van der Waals surface area contributed by atoms with E-state index in [0.717, 1.165) is 11.5 Å². The number of nitrogens with one attached hydrogen (secondary N) is 1. The molecule has 2 aromatic rings. The number of nitrogens with zero attached hydrogens (tertiary/aromatic N) is 2. The van der Waals surface area contributed by atoms with Gasteiger partial charge in [0.1, 0.15) is 5.54 Å². The first kappa shape index (κ1) is 16.2. The molecule has 8 heteroatoms. The lowest BCUT2D eigenvalue weighted by Gasteiger charge is -2.33. The summed E-state index contributed by atoms with van der Waals surface area (Å²) in [6.07, 6.45) is 4.59. The fourth-order valence-electron chi connectivity index (χ4n) is 2.71. The summed E-state index contributed by atoms with van der Waals surface area (Å²) >= 11 is 3.15. The number of carboxylic acid groups (broad SMARTS) is 1. The van der Waals surface area contributed by atoms with Crippen molar-refractivity contribution < 1.29 is 14.7 Å². The number of fused-ring (bicyclic) bond motifs is 1. The van der Waals surface area contributed by atoms with Gasteiger partial charge in [-0.2, -0.15) is 11.8 Å². The molecule has 0 aliphatic carbocycles. The third-order valence-electron chi connectivity index (χ3n) is 4.02. The normalized spacial score (nSPS) is 17.1. The lowest BCUT2D eigenvalue weighted by Crippen LogP contribution is -2.56. The molecule has 0 unspecified atom stereocenters. The van der Waals surface area contributed by atoms with E-state index in [0.29, 0.717) is 23.5 Å². The maximum Gasteiger partial charge on any atom is 0.329 e. The monoisotopic (exact) mass is 351 g/mol. The Labute approximate surface area is 142 Å². The van der Waals surface area contributed by atoms with Gasteiger partial charge in [0.05, 0.1) is 5.52 Å². The molecule has 1 saturated heterocycles. The lowest BCUT2D eigenvalue weighted by atomic mass is 9.92. The van der Waals surface area contributed by atoms with Crippen LogP contribution in [0.2, 0.25) is 0 Å². The highest BCUT2D eigenvalue weighted by atomic mass is 32.2. The average Bonchev–Trinajstić information content (AvgIpc) is 2.94. The molecule has 23 heavy (non-hydrogen) atoms. The minimum absolute atomic E-state index is 0.272. The van der Waals surface area contributed by atoms with Crippen LogP contribution in [0.15, 0.2) is 29.6 Å². The summed E-state index contributed by atoms with van der Waals surface area (Å²) in [5.74, 6) is 0.0576. The van der Waals surface area contributed by atoms with E-state index in [-0.39, 0.29) is 5.69 Å². The molecular formula is C15H17N3O3S2. The van der Waals surface area contributed by atoms with Gasteiger partial charge in [-0.1, -0.05) is 17.8 Å². The van der Waals surface area contributed by atoms with E-state index in [1.54, 1.807) is 11.8 Å². The molecule has 0 spiro atoms. The quantitative estimate of drug-likeness (QED) is 0.821. The van der Waals surface area contributed by atoms with Crippen LogP contribution >= 0.6 is 23.5 Å². The van der Waals surface area contributed by atoms with E-state index in [9.17, 15) is 14.7 Å². The molecular weight excluding hydrogens is 334 g/mol. The van der Waals surface area contributed by atoms with Crippen LogP contribution in [0.25, 0.3) is 5.52 Å². The number of hydrogen-bond donors (Lipinski definition) is 2. The van der Waals surface area contributed by atoms with Gasteiger partial charge in [0, 0.05) is 6.20 Å². The van der Waals surface area contributed by atoms with Crippen LogP contribution in [0.1, 0.15) is 23.3 Å². The number of carboxylic acids is 1. The number of imidazole rings is 1. The number of carbonyl (C=O) groups excluding carboxylic acids is 1. The van der Waals surface area contributed by atoms with E-state index in [4.69, 9.17) is 0 Å². The summed E-state index contributed by atoms with van der Waals surface area (Å²) in [5.41, 5.74) is -0.235. The minimum atomic E-state index is -1.19. The average molecular weight is 351 g/mol. The van der Waals surface area contributed by atoms with Crippen LogP contribution in [-0.4, -0.2) is 49.7 Å². The number of hydrogen-bond acceptors (Lipinski definition) is 5. The Hall–Kier alpha value is -1.67. The molecule has 1 aliphatic rings. The summed E-state index contributed by atoms with van der Waals surface area (Å²) in [6.45, 7) is 0. The van der Waals surface area contributed by atoms with Gasteiger partial charge in [0.25, 0.3) is 5.91 Å². The van der Waals surface area contributed by atoms with E-state index >= 15 is 0 Å². The highest BCUT2D eigenvalue weighted by Crippen LogP contribution is 2.28. The number of pyridine rings is 1. The van der Waals surface area contributed by atoms with Crippen LogP contribution in [0.5, 0.6) is 0 Å². The Morgan fingerprint density at radius 1 is 1.39 bits per heavy atom. The molecule has 1 amide bonds. The minimum Gasteiger partial charge on any atom is -0.480 e. The molecule has 2 aromatic heterocycles. The Bertz CT molecular complexity index is 754. The smallest absolute Gasteiger partial charge is 0.329 e. The number of thioether (sulfide) groups is 2. The van der Waals surface area contributed by atoms with Crippen molar-refractivity contribution in [2.45, 2.75) is 23.5 Å². The standard InChI is InChI=1S/C15H17N3O3S2/c1-22-14-16-11(10-4-2-3-7-18(10)14)12(19)17-15(13(20)21)5-8-23-9-6-15/h2-4,7H,5-6,8-9H2,1H3,(H,17,19)(H,20,21). The Morgan fingerprint density at radius 2 is 2.13 bits per heavy atom. The lowest BCUT2D eigenvalue weighted by molar-refractivity contribution is -0.144. The maximum absolute atomic E-state index is 12.7. The summed E-state index contributed by atoms with van der Waals surface area (Å²) in [6, 6.07) is 5.51. The largest absolute Gasteiger partial charge is 0.480 e. The molecule has 0 saturated carbocycles. The fourth-order valence-corrected chi connectivity index (χ4v) is 4.44. The van der Waals surface area contributed by atoms with Crippen molar-refractivity contribution in [2.24, 2.45) is 0 Å². The van der Waals surface area contributed by atoms with Crippen molar-refractivity contribution in [3.63, 3.8) is 0 Å². The van der Waals surface area contributed by atoms with E-state index in [1.807, 2.05) is 35.1 Å². The van der Waals surface area contributed by atoms with Gasteiger partial charge in [-0.3, -0.25) is 9.20 Å². The number of aromatic nitrogens is 2. The van der Waals surface area contributed by atoms with Gasteiger partial charge < -0.3 is 10.4 Å². The number of rotatable bonds is 4. The van der Waals surface area contributed by atoms with Crippen LogP contribution in [0.4, 0.5) is 0 Å². The summed E-state index contributed by atoms with van der Waals surface area (Å²) < 4.78 is 1.84. The molecule has 0 aromatic carbocycles. The number of aliphatic carboxylic acids is 1. The third kappa shape index (κ3) is 2.92. The zero-order chi connectivity index (χ0) is 16.4. The molecule has 122 valence electrons. The summed E-state index contributed by atoms with van der Waals surface area (Å²) in [5, 5.41) is 13.0. The summed E-state index contributed by atoms with van der Waals surface area (Å²) in [4.78, 5) is 28.8. The fraction of sp³-hybridized carbons (Fsp3) is 0.400. The van der Waals surface area contributed by atoms with Crippen LogP contribution < -0.4 is 5.32 Å². The summed E-state index contributed by atoms with van der Waals surface area (Å²) in [7, 11) is 0. The van der Waals surface area contributed by atoms with Crippen molar-refractivity contribution in [3.8, 4) is 0 Å². The zero-order valence-electron chi connectivity index (χ0n) is 12.6. The van der Waals surface area contributed by atoms with Crippen LogP contribution in [-0.2, 0) is 4.79 Å². The first-order valence-electron chi connectivity index (χ1n) is 7.22. The first-order chi connectivity index (χ1) is 11.1. The van der Waals surface area contributed by atoms with Gasteiger partial charge >= 0.3 is 5.97 Å². The van der Waals surface area contributed by atoms with Gasteiger partial charge in [-0.05, 0) is 42.7 Å². The van der Waals surface area contributed by atoms with Crippen LogP contribution in [0.3, 0.4) is 0 Å². The predicted molar refractivity (Wildman–Crippen MR) is 91.4 cm³/mol. The van der Waals surface area contributed by atoms with Gasteiger partial charge in [0.15, 0.2) is 10.9 Å². The van der Waals surface area contributed by atoms with Gasteiger partial charge in [-0.15, -0.1) is 0 Å². The molecule has 3 heterocycles. The molecule has 2 N–H and O–H groups in total. The van der Waals surface area contributed by atoms with Crippen LogP contribution in [0, 0.1) is 0 Å². The maximum atomic E-state index is 12.7. The topological polar surface area (TPSA) is 83.7 Å². The number of carbonyl (C=O) groups is 2. The second-order valence-corrected chi connectivity index (χ2v) is 7.35. The molecule has 6 nitrogen and oxygen atoms in total. The molecule has 0 atom stereocenters. The number of amides is 1. The van der Waals surface area contributed by atoms with Crippen molar-refractivity contribution in [3.05, 3.63) is 30.1 Å². The van der Waals surface area contributed by atoms with E-state index in [2.05, 4.69) is 10.3 Å². The van der Waals surface area contributed by atoms with Gasteiger partial charge in [-0.25, -0.2) is 9.78 Å². The van der Waals surface area contributed by atoms with Crippen molar-refractivity contribution >= 4 is 40.9 Å². The van der Waals surface area contributed by atoms with E-state index in [1.165, 1.54) is 11.8 Å². The van der Waals surface area contributed by atoms with Crippen molar-refractivity contribution in [2.75, 3.05) is 17.8 Å². The molecule has 1 aliphatic heterocycles. The highest BCUT2D eigenvalue weighted by molar-refractivity contribution is 7.99. The second-order valence-electron chi connectivity index (χ2n) is 5.36. The van der Waals surface area contributed by atoms with Crippen molar-refractivity contribution in [1.29, 1.82) is 0 Å². The first-order valence-corrected chi connectivity index (χ1v) is 9.60. The predicted octanol–water partition coefficient (Wildman–Crippen LogP) is 2.14. The van der Waals surface area contributed by atoms with E-state index < -0.39 is 17.4 Å². The Kier molecular flexibility index (Phi) is 4.54. The molecule has 3 rings (SSSR count). The third-order valence-corrected chi connectivity index (χ3v) is 5.66. The Morgan fingerprint density at radius 3 is 2.78 bits per heavy atom.